The number of esters is 1. The molecule has 0 aliphatic rings. The van der Waals surface area contributed by atoms with E-state index in [-0.39, 0.29) is 5.97 Å². The van der Waals surface area contributed by atoms with E-state index in [0.717, 1.165) is 63.9 Å². The molecular weight excluding hydrogens is 517 g/mol. The first-order valence-electron chi connectivity index (χ1n) is 12.9. The molecule has 0 amide bonds. The lowest BCUT2D eigenvalue weighted by molar-refractivity contribution is -0.139. The standard InChI is InChI=1S/C30H32F5NO3/c1-20(2)30(37)39-17-11-9-7-5-3-4-6-8-10-16-38-23-14-12-21(13-15-23)18-22(19-36)24-25(31)27(33)29(35)28(34)26(24)32/h12-15,18H,1,3-11,16-17H2,2H3/b22-18+. The SMILES string of the molecule is C=C(C)C(=O)OCCCCCCCCCCCOc1ccc(/C=C(\C#N)c2c(F)c(F)c(F)c(F)c2F)cc1. The molecule has 0 atom stereocenters. The van der Waals surface area contributed by atoms with E-state index >= 15 is 0 Å². The van der Waals surface area contributed by atoms with Crippen molar-refractivity contribution in [2.75, 3.05) is 13.2 Å². The number of carbonyl (C=O) groups is 1. The van der Waals surface area contributed by atoms with Crippen molar-refractivity contribution >= 4 is 17.6 Å². The van der Waals surface area contributed by atoms with Crippen LogP contribution in [0, 0.1) is 40.4 Å². The summed E-state index contributed by atoms with van der Waals surface area (Å²) in [6.07, 6.45) is 10.4. The molecule has 0 aliphatic carbocycles. The van der Waals surface area contributed by atoms with E-state index in [1.54, 1.807) is 19.1 Å². The van der Waals surface area contributed by atoms with E-state index in [1.807, 2.05) is 0 Å². The van der Waals surface area contributed by atoms with Gasteiger partial charge in [0.05, 0.1) is 30.4 Å². The molecule has 0 heterocycles. The molecule has 0 bridgehead atoms. The Hall–Kier alpha value is -3.67. The van der Waals surface area contributed by atoms with Gasteiger partial charge in [0.15, 0.2) is 23.3 Å². The topological polar surface area (TPSA) is 59.3 Å². The highest BCUT2D eigenvalue weighted by molar-refractivity contribution is 5.90. The van der Waals surface area contributed by atoms with Gasteiger partial charge in [-0.3, -0.25) is 0 Å². The third kappa shape index (κ3) is 9.86. The zero-order valence-electron chi connectivity index (χ0n) is 21.9. The minimum Gasteiger partial charge on any atom is -0.494 e. The first kappa shape index (κ1) is 31.5. The number of halogens is 5. The van der Waals surface area contributed by atoms with Crippen LogP contribution in [0.4, 0.5) is 22.0 Å². The third-order valence-corrected chi connectivity index (χ3v) is 5.93. The van der Waals surface area contributed by atoms with Gasteiger partial charge >= 0.3 is 5.97 Å². The molecule has 0 N–H and O–H groups in total. The van der Waals surface area contributed by atoms with Gasteiger partial charge in [0.2, 0.25) is 5.82 Å². The fourth-order valence-corrected chi connectivity index (χ4v) is 3.75. The molecule has 0 saturated carbocycles. The normalized spacial score (nSPS) is 11.3. The van der Waals surface area contributed by atoms with Crippen LogP contribution in [0.5, 0.6) is 5.75 Å². The Bertz CT molecular complexity index is 1170. The highest BCUT2D eigenvalue weighted by atomic mass is 19.2. The Morgan fingerprint density at radius 2 is 1.26 bits per heavy atom. The molecule has 2 aromatic carbocycles. The lowest BCUT2D eigenvalue weighted by Crippen LogP contribution is -2.06. The smallest absolute Gasteiger partial charge is 0.333 e. The lowest BCUT2D eigenvalue weighted by atomic mass is 10.0. The maximum absolute atomic E-state index is 14.0. The molecule has 0 spiro atoms. The van der Waals surface area contributed by atoms with Crippen molar-refractivity contribution < 1.29 is 36.2 Å². The van der Waals surface area contributed by atoms with Crippen LogP contribution in [0.3, 0.4) is 0 Å². The molecule has 0 unspecified atom stereocenters. The second-order valence-electron chi connectivity index (χ2n) is 9.13. The fraction of sp³-hybridized carbons (Fsp3) is 0.400. The summed E-state index contributed by atoms with van der Waals surface area (Å²) >= 11 is 0. The number of allylic oxidation sites excluding steroid dienone is 1. The van der Waals surface area contributed by atoms with Gasteiger partial charge < -0.3 is 9.47 Å². The van der Waals surface area contributed by atoms with Gasteiger partial charge in [0.1, 0.15) is 5.75 Å². The van der Waals surface area contributed by atoms with Crippen molar-refractivity contribution in [3.05, 3.63) is 76.6 Å². The number of rotatable bonds is 16. The molecule has 2 aromatic rings. The van der Waals surface area contributed by atoms with Crippen LogP contribution < -0.4 is 4.74 Å². The number of ether oxygens (including phenoxy) is 2. The third-order valence-electron chi connectivity index (χ3n) is 5.93. The molecule has 0 aliphatic heterocycles. The molecule has 9 heteroatoms. The molecular formula is C30H32F5NO3. The van der Waals surface area contributed by atoms with Crippen molar-refractivity contribution in [1.29, 1.82) is 5.26 Å². The summed E-state index contributed by atoms with van der Waals surface area (Å²) in [6, 6.07) is 7.72. The Morgan fingerprint density at radius 3 is 1.74 bits per heavy atom. The van der Waals surface area contributed by atoms with Gasteiger partial charge in [-0.25, -0.2) is 26.7 Å². The summed E-state index contributed by atoms with van der Waals surface area (Å²) in [7, 11) is 0. The van der Waals surface area contributed by atoms with Gasteiger partial charge in [-0.15, -0.1) is 0 Å². The number of hydrogen-bond donors (Lipinski definition) is 0. The van der Waals surface area contributed by atoms with Crippen LogP contribution in [-0.4, -0.2) is 19.2 Å². The largest absolute Gasteiger partial charge is 0.494 e. The van der Waals surface area contributed by atoms with Crippen LogP contribution in [0.2, 0.25) is 0 Å². The van der Waals surface area contributed by atoms with E-state index in [4.69, 9.17) is 9.47 Å². The number of nitriles is 1. The number of hydrogen-bond acceptors (Lipinski definition) is 4. The minimum absolute atomic E-state index is 0.329. The Kier molecular flexibility index (Phi) is 13.2. The number of carbonyl (C=O) groups excluding carboxylic acids is 1. The first-order chi connectivity index (χ1) is 18.7. The van der Waals surface area contributed by atoms with Gasteiger partial charge in [-0.1, -0.05) is 63.7 Å². The van der Waals surface area contributed by atoms with Crippen LogP contribution >= 0.6 is 0 Å². The van der Waals surface area contributed by atoms with Gasteiger partial charge in [0, 0.05) is 5.57 Å². The van der Waals surface area contributed by atoms with Crippen molar-refractivity contribution in [1.82, 2.24) is 0 Å². The quantitative estimate of drug-likeness (QED) is 0.0308. The van der Waals surface area contributed by atoms with Crippen LogP contribution in [0.1, 0.15) is 75.8 Å². The average Bonchev–Trinajstić information content (AvgIpc) is 2.93. The van der Waals surface area contributed by atoms with Crippen molar-refractivity contribution in [2.45, 2.75) is 64.7 Å². The monoisotopic (exact) mass is 549 g/mol. The second-order valence-corrected chi connectivity index (χ2v) is 9.13. The summed E-state index contributed by atoms with van der Waals surface area (Å²) in [4.78, 5) is 11.3. The summed E-state index contributed by atoms with van der Waals surface area (Å²) < 4.78 is 79.1. The number of unbranched alkanes of at least 4 members (excludes halogenated alkanes) is 8. The highest BCUT2D eigenvalue weighted by Gasteiger charge is 2.27. The molecule has 39 heavy (non-hydrogen) atoms. The predicted molar refractivity (Wildman–Crippen MR) is 139 cm³/mol. The van der Waals surface area contributed by atoms with Crippen molar-refractivity contribution in [2.24, 2.45) is 0 Å². The van der Waals surface area contributed by atoms with E-state index in [2.05, 4.69) is 6.58 Å². The summed E-state index contributed by atoms with van der Waals surface area (Å²) in [5.74, 6) is -10.4. The van der Waals surface area contributed by atoms with E-state index < -0.39 is 40.2 Å². The van der Waals surface area contributed by atoms with E-state index in [9.17, 15) is 32.0 Å². The first-order valence-corrected chi connectivity index (χ1v) is 12.9. The Morgan fingerprint density at radius 1 is 0.795 bits per heavy atom. The maximum Gasteiger partial charge on any atom is 0.333 e. The number of benzene rings is 2. The zero-order valence-corrected chi connectivity index (χ0v) is 21.9. The van der Waals surface area contributed by atoms with Crippen LogP contribution in [0.15, 0.2) is 36.4 Å². The molecule has 4 nitrogen and oxygen atoms in total. The molecule has 2 rings (SSSR count). The average molecular weight is 550 g/mol. The van der Waals surface area contributed by atoms with E-state index in [1.165, 1.54) is 18.2 Å². The lowest BCUT2D eigenvalue weighted by Gasteiger charge is -2.08. The Balaban J connectivity index is 1.68. The highest BCUT2D eigenvalue weighted by Crippen LogP contribution is 2.29. The Labute approximate surface area is 225 Å². The molecule has 210 valence electrons. The minimum atomic E-state index is -2.28. The predicted octanol–water partition coefficient (Wildman–Crippen LogP) is 8.46. The fourth-order valence-electron chi connectivity index (χ4n) is 3.75. The molecule has 0 fully saturated rings. The van der Waals surface area contributed by atoms with Gasteiger partial charge in [-0.05, 0) is 43.5 Å². The number of nitrogens with zero attached hydrogens (tertiary/aromatic N) is 1. The zero-order chi connectivity index (χ0) is 28.8. The van der Waals surface area contributed by atoms with Gasteiger partial charge in [0.25, 0.3) is 0 Å². The molecule has 0 radical (unpaired) electrons. The summed E-state index contributed by atoms with van der Waals surface area (Å²) in [5, 5.41) is 9.27. The van der Waals surface area contributed by atoms with Crippen LogP contribution in [-0.2, 0) is 9.53 Å². The maximum atomic E-state index is 14.0. The van der Waals surface area contributed by atoms with Crippen molar-refractivity contribution in [3.8, 4) is 11.8 Å². The van der Waals surface area contributed by atoms with E-state index in [0.29, 0.717) is 30.1 Å². The van der Waals surface area contributed by atoms with Crippen LogP contribution in [0.25, 0.3) is 11.6 Å². The molecule has 0 aromatic heterocycles. The molecule has 0 saturated heterocycles. The summed E-state index contributed by atoms with van der Waals surface area (Å²) in [5.41, 5.74) is -1.22. The summed E-state index contributed by atoms with van der Waals surface area (Å²) in [6.45, 7) is 6.11. The van der Waals surface area contributed by atoms with Gasteiger partial charge in [-0.2, -0.15) is 5.26 Å². The second kappa shape index (κ2) is 16.3. The van der Waals surface area contributed by atoms with Crippen molar-refractivity contribution in [3.63, 3.8) is 0 Å².